The minimum absolute atomic E-state index is 0.414. The van der Waals surface area contributed by atoms with Crippen molar-refractivity contribution in [2.45, 2.75) is 19.8 Å². The van der Waals surface area contributed by atoms with E-state index in [1.165, 1.54) is 0 Å². The molecule has 4 N–H and O–H groups in total. The van der Waals surface area contributed by atoms with Gasteiger partial charge in [-0.2, -0.15) is 0 Å². The number of nitrogens with two attached hydrogens (primary N) is 1. The van der Waals surface area contributed by atoms with E-state index in [2.05, 4.69) is 20.2 Å². The third-order valence-electron chi connectivity index (χ3n) is 3.86. The van der Waals surface area contributed by atoms with Crippen LogP contribution in [0.15, 0.2) is 12.1 Å². The molecule has 118 valence electrons. The molecule has 1 aliphatic rings. The highest BCUT2D eigenvalue weighted by Crippen LogP contribution is 2.29. The Morgan fingerprint density at radius 1 is 1.41 bits per heavy atom. The molecule has 1 amide bonds. The number of hydrogen-bond acceptors (Lipinski definition) is 5. The molecule has 2 aromatic rings. The maximum atomic E-state index is 11.1. The highest BCUT2D eigenvalue weighted by atomic mass is 16.5. The van der Waals surface area contributed by atoms with E-state index >= 15 is 0 Å². The van der Waals surface area contributed by atoms with Crippen LogP contribution in [-0.2, 0) is 6.42 Å². The van der Waals surface area contributed by atoms with Crippen molar-refractivity contribution >= 4 is 23.1 Å². The Balaban J connectivity index is 2.01. The molecule has 3 rings (SSSR count). The van der Waals surface area contributed by atoms with E-state index in [-0.39, 0.29) is 0 Å². The second-order valence-electron chi connectivity index (χ2n) is 5.42. The molecule has 22 heavy (non-hydrogen) atoms. The first-order valence-electron chi connectivity index (χ1n) is 7.63. The second kappa shape index (κ2) is 6.23. The normalized spacial score (nSPS) is 15.8. The summed E-state index contributed by atoms with van der Waals surface area (Å²) in [5, 5.41) is 3.37. The average Bonchev–Trinajstić information content (AvgIpc) is 2.73. The summed E-state index contributed by atoms with van der Waals surface area (Å²) in [7, 11) is 0. The summed E-state index contributed by atoms with van der Waals surface area (Å²) in [6.07, 6.45) is 1.09. The maximum absolute atomic E-state index is 11.1. The molecule has 0 radical (unpaired) electrons. The topological polar surface area (TPSA) is 96.3 Å². The van der Waals surface area contributed by atoms with Crippen molar-refractivity contribution in [3.63, 3.8) is 0 Å². The van der Waals surface area contributed by atoms with Gasteiger partial charge in [-0.15, -0.1) is 0 Å². The van der Waals surface area contributed by atoms with E-state index in [4.69, 9.17) is 10.5 Å². The number of fused-ring (bicyclic) bond motifs is 1. The molecular formula is C15H21N5O2. The van der Waals surface area contributed by atoms with Crippen LogP contribution in [0.4, 0.5) is 10.7 Å². The fourth-order valence-electron chi connectivity index (χ4n) is 2.73. The van der Waals surface area contributed by atoms with Gasteiger partial charge in [-0.25, -0.2) is 9.78 Å². The van der Waals surface area contributed by atoms with Gasteiger partial charge in [0.15, 0.2) is 5.75 Å². The third-order valence-corrected chi connectivity index (χ3v) is 3.86. The van der Waals surface area contributed by atoms with Gasteiger partial charge >= 0.3 is 6.09 Å². The summed E-state index contributed by atoms with van der Waals surface area (Å²) in [6, 6.07) is 3.86. The van der Waals surface area contributed by atoms with Crippen molar-refractivity contribution in [2.24, 2.45) is 5.73 Å². The molecule has 1 saturated heterocycles. The number of nitrogens with zero attached hydrogens (tertiary/aromatic N) is 2. The van der Waals surface area contributed by atoms with E-state index in [0.29, 0.717) is 11.3 Å². The third kappa shape index (κ3) is 2.99. The zero-order valence-electron chi connectivity index (χ0n) is 12.7. The molecular weight excluding hydrogens is 282 g/mol. The van der Waals surface area contributed by atoms with E-state index < -0.39 is 6.09 Å². The first-order chi connectivity index (χ1) is 10.7. The van der Waals surface area contributed by atoms with E-state index in [0.717, 1.165) is 56.0 Å². The number of hydrogen-bond donors (Lipinski definition) is 3. The lowest BCUT2D eigenvalue weighted by Gasteiger charge is -2.18. The van der Waals surface area contributed by atoms with Crippen LogP contribution >= 0.6 is 0 Å². The maximum Gasteiger partial charge on any atom is 0.410 e. The number of primary amides is 1. The van der Waals surface area contributed by atoms with Crippen LogP contribution in [0.25, 0.3) is 11.0 Å². The minimum Gasteiger partial charge on any atom is -0.408 e. The van der Waals surface area contributed by atoms with Crippen LogP contribution in [0, 0.1) is 0 Å². The van der Waals surface area contributed by atoms with Crippen molar-refractivity contribution < 1.29 is 9.53 Å². The van der Waals surface area contributed by atoms with E-state index in [1.54, 1.807) is 0 Å². The molecule has 0 spiro atoms. The first kappa shape index (κ1) is 14.6. The van der Waals surface area contributed by atoms with Gasteiger partial charge < -0.3 is 25.7 Å². The standard InChI is InChI=1S/C15H21N5O2/c1-2-10-8-11-13(12(9-10)22-14(16)21)19-15(18-11)20-6-3-4-17-5-7-20/h8-9,17H,2-7H2,1H3,(H2,16,21)(H,18,19). The molecule has 0 bridgehead atoms. The van der Waals surface area contributed by atoms with Gasteiger partial charge in [0.25, 0.3) is 0 Å². The predicted molar refractivity (Wildman–Crippen MR) is 85.4 cm³/mol. The van der Waals surface area contributed by atoms with Gasteiger partial charge in [-0.1, -0.05) is 6.92 Å². The second-order valence-corrected chi connectivity index (χ2v) is 5.42. The monoisotopic (exact) mass is 303 g/mol. The molecule has 7 nitrogen and oxygen atoms in total. The predicted octanol–water partition coefficient (Wildman–Crippen LogP) is 1.38. The van der Waals surface area contributed by atoms with Crippen molar-refractivity contribution in [3.05, 3.63) is 17.7 Å². The number of aryl methyl sites for hydroxylation is 1. The Morgan fingerprint density at radius 2 is 2.27 bits per heavy atom. The quantitative estimate of drug-likeness (QED) is 0.796. The van der Waals surface area contributed by atoms with Crippen molar-refractivity contribution in [3.8, 4) is 5.75 Å². The number of aromatic nitrogens is 2. The number of amides is 1. The van der Waals surface area contributed by atoms with E-state index in [9.17, 15) is 4.79 Å². The number of aromatic amines is 1. The summed E-state index contributed by atoms with van der Waals surface area (Å²) in [4.78, 5) is 21.3. The number of rotatable bonds is 3. The Bertz CT molecular complexity index is 674. The van der Waals surface area contributed by atoms with Gasteiger partial charge in [0, 0.05) is 19.6 Å². The van der Waals surface area contributed by atoms with Gasteiger partial charge in [0.2, 0.25) is 5.95 Å². The number of carbonyl (C=O) groups excluding carboxylic acids is 1. The lowest BCUT2D eigenvalue weighted by Crippen LogP contribution is -2.28. The number of carbonyl (C=O) groups is 1. The smallest absolute Gasteiger partial charge is 0.408 e. The van der Waals surface area contributed by atoms with Crippen LogP contribution in [-0.4, -0.2) is 42.2 Å². The van der Waals surface area contributed by atoms with Crippen LogP contribution in [0.1, 0.15) is 18.9 Å². The summed E-state index contributed by atoms with van der Waals surface area (Å²) in [5.41, 5.74) is 7.73. The zero-order valence-corrected chi connectivity index (χ0v) is 12.7. The van der Waals surface area contributed by atoms with Crippen LogP contribution in [0.3, 0.4) is 0 Å². The highest BCUT2D eigenvalue weighted by molar-refractivity contribution is 5.87. The van der Waals surface area contributed by atoms with Gasteiger partial charge in [0.05, 0.1) is 5.52 Å². The van der Waals surface area contributed by atoms with Crippen LogP contribution in [0.5, 0.6) is 5.75 Å². The number of anilines is 1. The molecule has 1 fully saturated rings. The summed E-state index contributed by atoms with van der Waals surface area (Å²) in [6.45, 7) is 5.84. The van der Waals surface area contributed by atoms with Gasteiger partial charge in [-0.3, -0.25) is 0 Å². The Kier molecular flexibility index (Phi) is 4.15. The summed E-state index contributed by atoms with van der Waals surface area (Å²) < 4.78 is 5.12. The molecule has 1 aliphatic heterocycles. The molecule has 7 heteroatoms. The molecule has 0 atom stereocenters. The Labute approximate surface area is 128 Å². The number of ether oxygens (including phenoxy) is 1. The lowest BCUT2D eigenvalue weighted by atomic mass is 10.1. The fourth-order valence-corrected chi connectivity index (χ4v) is 2.73. The largest absolute Gasteiger partial charge is 0.410 e. The van der Waals surface area contributed by atoms with Crippen LogP contribution in [0.2, 0.25) is 0 Å². The van der Waals surface area contributed by atoms with Crippen molar-refractivity contribution in [1.29, 1.82) is 0 Å². The fraction of sp³-hybridized carbons (Fsp3) is 0.467. The minimum atomic E-state index is -0.821. The van der Waals surface area contributed by atoms with Crippen molar-refractivity contribution in [1.82, 2.24) is 15.3 Å². The average molecular weight is 303 g/mol. The number of nitrogens with one attached hydrogen (secondary N) is 2. The SMILES string of the molecule is CCc1cc(OC(N)=O)c2nc(N3CCCNCC3)[nH]c2c1. The van der Waals surface area contributed by atoms with Gasteiger partial charge in [0.1, 0.15) is 5.52 Å². The Morgan fingerprint density at radius 3 is 3.05 bits per heavy atom. The molecule has 1 aromatic carbocycles. The molecule has 0 aliphatic carbocycles. The lowest BCUT2D eigenvalue weighted by molar-refractivity contribution is 0.211. The number of H-pyrrole nitrogens is 1. The summed E-state index contributed by atoms with van der Waals surface area (Å²) >= 11 is 0. The molecule has 1 aromatic heterocycles. The Hall–Kier alpha value is -2.28. The van der Waals surface area contributed by atoms with Crippen molar-refractivity contribution in [2.75, 3.05) is 31.1 Å². The summed E-state index contributed by atoms with van der Waals surface area (Å²) in [5.74, 6) is 1.22. The highest BCUT2D eigenvalue weighted by Gasteiger charge is 2.17. The molecule has 2 heterocycles. The van der Waals surface area contributed by atoms with E-state index in [1.807, 2.05) is 19.1 Å². The number of benzene rings is 1. The zero-order chi connectivity index (χ0) is 15.5. The molecule has 0 saturated carbocycles. The van der Waals surface area contributed by atoms with Gasteiger partial charge in [-0.05, 0) is 37.1 Å². The number of imidazole rings is 1. The van der Waals surface area contributed by atoms with Crippen LogP contribution < -0.4 is 20.7 Å². The first-order valence-corrected chi connectivity index (χ1v) is 7.63. The molecule has 0 unspecified atom stereocenters.